The van der Waals surface area contributed by atoms with E-state index in [1.54, 1.807) is 0 Å². The molecule has 0 bridgehead atoms. The minimum absolute atomic E-state index is 0.0287. The molecule has 116 valence electrons. The number of amides is 1. The summed E-state index contributed by atoms with van der Waals surface area (Å²) in [5, 5.41) is 9.15. The van der Waals surface area contributed by atoms with Gasteiger partial charge in [0.15, 0.2) is 0 Å². The predicted molar refractivity (Wildman–Crippen MR) is 82.3 cm³/mol. The van der Waals surface area contributed by atoms with Crippen molar-refractivity contribution in [1.29, 1.82) is 0 Å². The molecule has 1 aliphatic rings. The van der Waals surface area contributed by atoms with Crippen LogP contribution in [-0.4, -0.2) is 41.7 Å². The van der Waals surface area contributed by atoms with Crippen LogP contribution in [-0.2, 0) is 4.79 Å². The molecule has 0 heterocycles. The Hall–Kier alpha value is -1.55. The monoisotopic (exact) mass is 291 g/mol. The van der Waals surface area contributed by atoms with Crippen LogP contribution < -0.4 is 4.74 Å². The summed E-state index contributed by atoms with van der Waals surface area (Å²) < 4.78 is 5.64. The lowest BCUT2D eigenvalue weighted by molar-refractivity contribution is -0.134. The van der Waals surface area contributed by atoms with Crippen molar-refractivity contribution in [2.24, 2.45) is 0 Å². The van der Waals surface area contributed by atoms with Crippen molar-refractivity contribution in [2.75, 3.05) is 19.8 Å². The molecule has 4 heteroatoms. The Morgan fingerprint density at radius 2 is 2.14 bits per heavy atom. The molecule has 4 nitrogen and oxygen atoms in total. The number of benzene rings is 1. The number of carbonyl (C=O) groups is 1. The largest absolute Gasteiger partial charge is 0.493 e. The zero-order chi connectivity index (χ0) is 15.1. The number of aryl methyl sites for hydroxylation is 1. The highest BCUT2D eigenvalue weighted by molar-refractivity contribution is 5.76. The third-order valence-corrected chi connectivity index (χ3v) is 4.00. The molecule has 1 aliphatic carbocycles. The smallest absolute Gasteiger partial charge is 0.226 e. The second kappa shape index (κ2) is 8.03. The summed E-state index contributed by atoms with van der Waals surface area (Å²) in [5.41, 5.74) is 1.15. The number of hydrogen-bond acceptors (Lipinski definition) is 3. The maximum atomic E-state index is 12.3. The molecular weight excluding hydrogens is 266 g/mol. The van der Waals surface area contributed by atoms with Crippen LogP contribution in [0.5, 0.6) is 5.75 Å². The zero-order valence-electron chi connectivity index (χ0n) is 12.8. The summed E-state index contributed by atoms with van der Waals surface area (Å²) in [7, 11) is 0. The molecule has 21 heavy (non-hydrogen) atoms. The first-order valence-corrected chi connectivity index (χ1v) is 7.80. The Morgan fingerprint density at radius 1 is 1.38 bits per heavy atom. The van der Waals surface area contributed by atoms with E-state index >= 15 is 0 Å². The van der Waals surface area contributed by atoms with Crippen molar-refractivity contribution < 1.29 is 14.6 Å². The highest BCUT2D eigenvalue weighted by Crippen LogP contribution is 2.24. The molecule has 2 rings (SSSR count). The molecule has 1 aromatic carbocycles. The highest BCUT2D eigenvalue weighted by Gasteiger charge is 2.25. The van der Waals surface area contributed by atoms with Gasteiger partial charge in [-0.05, 0) is 37.5 Å². The lowest BCUT2D eigenvalue weighted by atomic mass is 10.2. The lowest BCUT2D eigenvalue weighted by Crippen LogP contribution is -2.41. The summed E-state index contributed by atoms with van der Waals surface area (Å²) in [6.07, 6.45) is 4.85. The molecule has 0 atom stereocenters. The SMILES string of the molecule is Cc1cccc(OCCC(=O)N(CCO)C2CCCC2)c1. The molecule has 0 unspecified atom stereocenters. The summed E-state index contributed by atoms with van der Waals surface area (Å²) >= 11 is 0. The molecule has 0 aromatic heterocycles. The second-order valence-corrected chi connectivity index (χ2v) is 5.66. The third-order valence-electron chi connectivity index (χ3n) is 4.00. The Kier molecular flexibility index (Phi) is 6.05. The van der Waals surface area contributed by atoms with Gasteiger partial charge in [0.25, 0.3) is 0 Å². The van der Waals surface area contributed by atoms with E-state index in [0.29, 0.717) is 25.6 Å². The van der Waals surface area contributed by atoms with E-state index in [1.807, 2.05) is 36.1 Å². The van der Waals surface area contributed by atoms with Crippen LogP contribution in [0.2, 0.25) is 0 Å². The first-order chi connectivity index (χ1) is 10.2. The quantitative estimate of drug-likeness (QED) is 0.840. The standard InChI is InChI=1S/C17H25NO3/c1-14-5-4-8-16(13-14)21-12-9-17(20)18(10-11-19)15-6-2-3-7-15/h4-5,8,13,15,19H,2-3,6-7,9-12H2,1H3. The fraction of sp³-hybridized carbons (Fsp3) is 0.588. The van der Waals surface area contributed by atoms with Crippen molar-refractivity contribution in [3.63, 3.8) is 0 Å². The van der Waals surface area contributed by atoms with Gasteiger partial charge in [-0.25, -0.2) is 0 Å². The van der Waals surface area contributed by atoms with Gasteiger partial charge in [-0.2, -0.15) is 0 Å². The van der Waals surface area contributed by atoms with E-state index < -0.39 is 0 Å². The van der Waals surface area contributed by atoms with E-state index in [4.69, 9.17) is 9.84 Å². The number of nitrogens with zero attached hydrogens (tertiary/aromatic N) is 1. The topological polar surface area (TPSA) is 49.8 Å². The summed E-state index contributed by atoms with van der Waals surface area (Å²) in [6, 6.07) is 8.14. The van der Waals surface area contributed by atoms with Gasteiger partial charge in [0.2, 0.25) is 5.91 Å². The van der Waals surface area contributed by atoms with Crippen molar-refractivity contribution in [2.45, 2.75) is 45.1 Å². The van der Waals surface area contributed by atoms with Crippen LogP contribution in [0.4, 0.5) is 0 Å². The van der Waals surface area contributed by atoms with Gasteiger partial charge in [0.1, 0.15) is 5.75 Å². The summed E-state index contributed by atoms with van der Waals surface area (Å²) in [5.74, 6) is 0.890. The molecule has 1 amide bonds. The van der Waals surface area contributed by atoms with Crippen LogP contribution in [0, 0.1) is 6.92 Å². The summed E-state index contributed by atoms with van der Waals surface area (Å²) in [6.45, 7) is 2.87. The maximum Gasteiger partial charge on any atom is 0.226 e. The molecule has 0 spiro atoms. The average Bonchev–Trinajstić information content (AvgIpc) is 2.98. The molecule has 1 aromatic rings. The number of ether oxygens (including phenoxy) is 1. The highest BCUT2D eigenvalue weighted by atomic mass is 16.5. The average molecular weight is 291 g/mol. The number of carbonyl (C=O) groups excluding carboxylic acids is 1. The van der Waals surface area contributed by atoms with Gasteiger partial charge in [-0.15, -0.1) is 0 Å². The third kappa shape index (κ3) is 4.74. The molecule has 1 saturated carbocycles. The molecular formula is C17H25NO3. The molecule has 0 aliphatic heterocycles. The lowest BCUT2D eigenvalue weighted by Gasteiger charge is -2.28. The van der Waals surface area contributed by atoms with Crippen LogP contribution in [0.15, 0.2) is 24.3 Å². The van der Waals surface area contributed by atoms with Gasteiger partial charge < -0.3 is 14.7 Å². The first kappa shape index (κ1) is 15.8. The predicted octanol–water partition coefficient (Wildman–Crippen LogP) is 2.53. The Bertz CT molecular complexity index is 455. The van der Waals surface area contributed by atoms with Crippen LogP contribution in [0.25, 0.3) is 0 Å². The fourth-order valence-corrected chi connectivity index (χ4v) is 2.94. The number of rotatable bonds is 7. The fourth-order valence-electron chi connectivity index (χ4n) is 2.94. The van der Waals surface area contributed by atoms with Crippen LogP contribution in [0.1, 0.15) is 37.7 Å². The van der Waals surface area contributed by atoms with Crippen molar-refractivity contribution >= 4 is 5.91 Å². The Labute approximate surface area is 126 Å². The van der Waals surface area contributed by atoms with Crippen molar-refractivity contribution in [3.05, 3.63) is 29.8 Å². The van der Waals surface area contributed by atoms with Gasteiger partial charge in [-0.1, -0.05) is 25.0 Å². The van der Waals surface area contributed by atoms with Gasteiger partial charge in [-0.3, -0.25) is 4.79 Å². The van der Waals surface area contributed by atoms with E-state index in [1.165, 1.54) is 12.8 Å². The van der Waals surface area contributed by atoms with E-state index in [-0.39, 0.29) is 12.5 Å². The molecule has 1 fully saturated rings. The Morgan fingerprint density at radius 3 is 2.81 bits per heavy atom. The van der Waals surface area contributed by atoms with Crippen molar-refractivity contribution in [1.82, 2.24) is 4.90 Å². The van der Waals surface area contributed by atoms with Gasteiger partial charge in [0, 0.05) is 12.6 Å². The van der Waals surface area contributed by atoms with E-state index in [0.717, 1.165) is 24.2 Å². The summed E-state index contributed by atoms with van der Waals surface area (Å²) in [4.78, 5) is 14.2. The molecule has 0 saturated heterocycles. The second-order valence-electron chi connectivity index (χ2n) is 5.66. The van der Waals surface area contributed by atoms with Crippen molar-refractivity contribution in [3.8, 4) is 5.75 Å². The number of aliphatic hydroxyl groups excluding tert-OH is 1. The number of hydrogen-bond donors (Lipinski definition) is 1. The van der Waals surface area contributed by atoms with Crippen LogP contribution >= 0.6 is 0 Å². The first-order valence-electron chi connectivity index (χ1n) is 7.80. The zero-order valence-corrected chi connectivity index (χ0v) is 12.8. The van der Waals surface area contributed by atoms with E-state index in [9.17, 15) is 4.79 Å². The maximum absolute atomic E-state index is 12.3. The van der Waals surface area contributed by atoms with Gasteiger partial charge in [0.05, 0.1) is 19.6 Å². The van der Waals surface area contributed by atoms with Crippen LogP contribution in [0.3, 0.4) is 0 Å². The van der Waals surface area contributed by atoms with Gasteiger partial charge >= 0.3 is 0 Å². The minimum Gasteiger partial charge on any atom is -0.493 e. The molecule has 1 N–H and O–H groups in total. The minimum atomic E-state index is 0.0287. The van der Waals surface area contributed by atoms with E-state index in [2.05, 4.69) is 0 Å². The normalized spacial score (nSPS) is 15.1. The number of aliphatic hydroxyl groups is 1. The Balaban J connectivity index is 1.81. The molecule has 0 radical (unpaired) electrons.